The van der Waals surface area contributed by atoms with Gasteiger partial charge < -0.3 is 0 Å². The van der Waals surface area contributed by atoms with E-state index in [-0.39, 0.29) is 5.83 Å². The van der Waals surface area contributed by atoms with E-state index >= 15 is 0 Å². The van der Waals surface area contributed by atoms with E-state index in [1.165, 1.54) is 18.4 Å². The van der Waals surface area contributed by atoms with Gasteiger partial charge in [0.25, 0.3) is 0 Å². The van der Waals surface area contributed by atoms with Crippen molar-refractivity contribution in [2.24, 2.45) is 4.99 Å². The number of allylic oxidation sites excluding steroid dienone is 4. The summed E-state index contributed by atoms with van der Waals surface area (Å²) in [6.45, 7) is 1.96. The standard InChI is InChI=1S/C8H12FN/c1-3-4-5-8(9)6-7-10-2/h4-7H,3H2,1-2H3/b5-4+,8-6+,10-7?. The second-order valence-electron chi connectivity index (χ2n) is 1.77. The fourth-order valence-electron chi connectivity index (χ4n) is 0.432. The second-order valence-corrected chi connectivity index (χ2v) is 1.77. The topological polar surface area (TPSA) is 12.4 Å². The van der Waals surface area contributed by atoms with E-state index in [2.05, 4.69) is 4.99 Å². The molecule has 0 saturated carbocycles. The van der Waals surface area contributed by atoms with Crippen LogP contribution in [0.2, 0.25) is 0 Å². The Morgan fingerprint density at radius 2 is 2.30 bits per heavy atom. The SMILES string of the molecule is CC/C=C/C(F)=C\C=NC. The third kappa shape index (κ3) is 5.22. The van der Waals surface area contributed by atoms with E-state index in [0.717, 1.165) is 6.42 Å². The zero-order valence-electron chi connectivity index (χ0n) is 6.34. The summed E-state index contributed by atoms with van der Waals surface area (Å²) in [5.41, 5.74) is 0. The van der Waals surface area contributed by atoms with Crippen LogP contribution in [-0.2, 0) is 0 Å². The van der Waals surface area contributed by atoms with Crippen molar-refractivity contribution in [1.82, 2.24) is 0 Å². The van der Waals surface area contributed by atoms with Crippen molar-refractivity contribution in [2.45, 2.75) is 13.3 Å². The minimum atomic E-state index is -0.257. The van der Waals surface area contributed by atoms with Gasteiger partial charge in [0.05, 0.1) is 0 Å². The quantitative estimate of drug-likeness (QED) is 0.423. The van der Waals surface area contributed by atoms with Gasteiger partial charge in [0.15, 0.2) is 0 Å². The molecule has 0 radical (unpaired) electrons. The molecule has 10 heavy (non-hydrogen) atoms. The summed E-state index contributed by atoms with van der Waals surface area (Å²) in [6, 6.07) is 0. The maximum atomic E-state index is 12.5. The molecule has 0 aromatic rings. The molecule has 0 aliphatic carbocycles. The second kappa shape index (κ2) is 6.20. The maximum Gasteiger partial charge on any atom is 0.124 e. The minimum Gasteiger partial charge on any atom is -0.296 e. The lowest BCUT2D eigenvalue weighted by molar-refractivity contribution is 0.668. The van der Waals surface area contributed by atoms with Crippen LogP contribution in [0.5, 0.6) is 0 Å². The van der Waals surface area contributed by atoms with Gasteiger partial charge in [-0.1, -0.05) is 13.0 Å². The van der Waals surface area contributed by atoms with E-state index in [4.69, 9.17) is 0 Å². The van der Waals surface area contributed by atoms with Crippen LogP contribution >= 0.6 is 0 Å². The van der Waals surface area contributed by atoms with Gasteiger partial charge in [-0.15, -0.1) is 0 Å². The van der Waals surface area contributed by atoms with Crippen molar-refractivity contribution in [3.8, 4) is 0 Å². The van der Waals surface area contributed by atoms with Gasteiger partial charge in [-0.3, -0.25) is 4.99 Å². The highest BCUT2D eigenvalue weighted by Gasteiger charge is 1.80. The summed E-state index contributed by atoms with van der Waals surface area (Å²) < 4.78 is 12.5. The summed E-state index contributed by atoms with van der Waals surface area (Å²) in [4.78, 5) is 3.61. The van der Waals surface area contributed by atoms with Crippen LogP contribution in [-0.4, -0.2) is 13.3 Å². The van der Waals surface area contributed by atoms with Gasteiger partial charge in [-0.25, -0.2) is 4.39 Å². The first-order valence-electron chi connectivity index (χ1n) is 3.25. The van der Waals surface area contributed by atoms with Crippen molar-refractivity contribution < 1.29 is 4.39 Å². The first kappa shape index (κ1) is 9.08. The minimum absolute atomic E-state index is 0.257. The molecule has 0 amide bonds. The number of hydrogen-bond acceptors (Lipinski definition) is 1. The van der Waals surface area contributed by atoms with Crippen LogP contribution in [0.15, 0.2) is 29.0 Å². The van der Waals surface area contributed by atoms with E-state index in [0.29, 0.717) is 0 Å². The third-order valence-electron chi connectivity index (χ3n) is 0.896. The van der Waals surface area contributed by atoms with E-state index in [1.54, 1.807) is 13.1 Å². The summed E-state index contributed by atoms with van der Waals surface area (Å²) in [5, 5.41) is 0. The molecule has 0 atom stereocenters. The molecule has 0 aromatic carbocycles. The largest absolute Gasteiger partial charge is 0.296 e. The Bertz CT molecular complexity index is 157. The highest BCUT2D eigenvalue weighted by Crippen LogP contribution is 1.96. The van der Waals surface area contributed by atoms with Gasteiger partial charge in [-0.2, -0.15) is 0 Å². The Kier molecular flexibility index (Phi) is 5.63. The van der Waals surface area contributed by atoms with Crippen LogP contribution < -0.4 is 0 Å². The Labute approximate surface area is 61.0 Å². The summed E-state index contributed by atoms with van der Waals surface area (Å²) in [7, 11) is 1.60. The lowest BCUT2D eigenvalue weighted by Gasteiger charge is -1.81. The molecule has 0 heterocycles. The van der Waals surface area contributed by atoms with E-state index in [1.807, 2.05) is 6.92 Å². The lowest BCUT2D eigenvalue weighted by Crippen LogP contribution is -1.68. The van der Waals surface area contributed by atoms with Crippen molar-refractivity contribution in [3.63, 3.8) is 0 Å². The average molecular weight is 141 g/mol. The number of aliphatic imine (C=N–C) groups is 1. The normalized spacial score (nSPS) is 13.7. The molecule has 0 bridgehead atoms. The third-order valence-corrected chi connectivity index (χ3v) is 0.896. The van der Waals surface area contributed by atoms with Crippen molar-refractivity contribution in [2.75, 3.05) is 7.05 Å². The number of halogens is 1. The zero-order chi connectivity index (χ0) is 7.82. The molecule has 0 fully saturated rings. The predicted octanol–water partition coefficient (Wildman–Crippen LogP) is 2.51. The van der Waals surface area contributed by atoms with Gasteiger partial charge in [-0.05, 0) is 18.6 Å². The fraction of sp³-hybridized carbons (Fsp3) is 0.375. The smallest absolute Gasteiger partial charge is 0.124 e. The first-order chi connectivity index (χ1) is 4.81. The molecule has 0 N–H and O–H groups in total. The Hall–Kier alpha value is -0.920. The van der Waals surface area contributed by atoms with Gasteiger partial charge in [0.1, 0.15) is 5.83 Å². The van der Waals surface area contributed by atoms with Crippen LogP contribution in [0.4, 0.5) is 4.39 Å². The molecule has 0 saturated heterocycles. The summed E-state index contributed by atoms with van der Waals surface area (Å²) in [6.07, 6.45) is 6.79. The molecule has 0 unspecified atom stereocenters. The fourth-order valence-corrected chi connectivity index (χ4v) is 0.432. The predicted molar refractivity (Wildman–Crippen MR) is 43.0 cm³/mol. The Morgan fingerprint density at radius 3 is 2.80 bits per heavy atom. The number of rotatable bonds is 3. The van der Waals surface area contributed by atoms with Crippen LogP contribution in [0.25, 0.3) is 0 Å². The molecule has 0 aromatic heterocycles. The van der Waals surface area contributed by atoms with Gasteiger partial charge in [0, 0.05) is 13.3 Å². The highest BCUT2D eigenvalue weighted by atomic mass is 19.1. The van der Waals surface area contributed by atoms with Crippen molar-refractivity contribution in [3.05, 3.63) is 24.1 Å². The van der Waals surface area contributed by atoms with Crippen molar-refractivity contribution >= 4 is 6.21 Å². The van der Waals surface area contributed by atoms with Crippen LogP contribution in [0, 0.1) is 0 Å². The monoisotopic (exact) mass is 141 g/mol. The van der Waals surface area contributed by atoms with Gasteiger partial charge >= 0.3 is 0 Å². The molecule has 0 rings (SSSR count). The molecule has 2 heteroatoms. The molecule has 0 aliphatic rings. The summed E-state index contributed by atoms with van der Waals surface area (Å²) in [5.74, 6) is -0.257. The van der Waals surface area contributed by atoms with Crippen LogP contribution in [0.1, 0.15) is 13.3 Å². The maximum absolute atomic E-state index is 12.5. The number of nitrogens with zero attached hydrogens (tertiary/aromatic N) is 1. The lowest BCUT2D eigenvalue weighted by atomic mass is 10.4. The van der Waals surface area contributed by atoms with E-state index < -0.39 is 0 Å². The summed E-state index contributed by atoms with van der Waals surface area (Å²) >= 11 is 0. The Balaban J connectivity index is 3.81. The molecule has 1 nitrogen and oxygen atoms in total. The molecule has 56 valence electrons. The molecular formula is C8H12FN. The van der Waals surface area contributed by atoms with E-state index in [9.17, 15) is 4.39 Å². The first-order valence-corrected chi connectivity index (χ1v) is 3.25. The zero-order valence-corrected chi connectivity index (χ0v) is 6.34. The van der Waals surface area contributed by atoms with Gasteiger partial charge in [0.2, 0.25) is 0 Å². The molecule has 0 aliphatic heterocycles. The van der Waals surface area contributed by atoms with Crippen LogP contribution in [0.3, 0.4) is 0 Å². The molecular weight excluding hydrogens is 129 g/mol. The molecule has 0 spiro atoms. The average Bonchev–Trinajstić information content (AvgIpc) is 1.97. The Morgan fingerprint density at radius 1 is 1.60 bits per heavy atom. The van der Waals surface area contributed by atoms with Crippen molar-refractivity contribution in [1.29, 1.82) is 0 Å². The number of hydrogen-bond donors (Lipinski definition) is 0. The highest BCUT2D eigenvalue weighted by molar-refractivity contribution is 5.72.